The van der Waals surface area contributed by atoms with Gasteiger partial charge in [-0.1, -0.05) is 32.4 Å². The maximum Gasteiger partial charge on any atom is 0.206 e. The van der Waals surface area contributed by atoms with E-state index < -0.39 is 25.5 Å². The van der Waals surface area contributed by atoms with Crippen molar-refractivity contribution >= 4 is 43.4 Å². The van der Waals surface area contributed by atoms with Crippen molar-refractivity contribution in [2.75, 3.05) is 0 Å². The quantitative estimate of drug-likeness (QED) is 0.454. The Hall–Kier alpha value is -1.96. The van der Waals surface area contributed by atoms with Crippen LogP contribution < -0.4 is 0 Å². The Kier molecular flexibility index (Phi) is 5.70. The zero-order valence-electron chi connectivity index (χ0n) is 19.2. The van der Waals surface area contributed by atoms with Crippen LogP contribution in [0.15, 0.2) is 43.9 Å². The molecule has 2 aromatic rings. The van der Waals surface area contributed by atoms with Crippen molar-refractivity contribution in [3.63, 3.8) is 0 Å². The summed E-state index contributed by atoms with van der Waals surface area (Å²) in [6, 6.07) is 6.69. The molecule has 176 valence electrons. The smallest absolute Gasteiger partial charge is 0.206 e. The van der Waals surface area contributed by atoms with Crippen LogP contribution in [0, 0.1) is 5.82 Å². The Labute approximate surface area is 200 Å². The number of allylic oxidation sites excluding steroid dienone is 2. The van der Waals surface area contributed by atoms with Crippen LogP contribution in [0.25, 0.3) is 12.2 Å². The van der Waals surface area contributed by atoms with E-state index in [9.17, 15) is 21.2 Å². The lowest BCUT2D eigenvalue weighted by atomic mass is 9.77. The summed E-state index contributed by atoms with van der Waals surface area (Å²) in [4.78, 5) is 0.374. The van der Waals surface area contributed by atoms with E-state index in [-0.39, 0.29) is 36.0 Å². The molecule has 2 heterocycles. The molecule has 0 saturated carbocycles. The average Bonchev–Trinajstić information content (AvgIpc) is 3.08. The van der Waals surface area contributed by atoms with Gasteiger partial charge in [0.05, 0.1) is 9.92 Å². The second-order valence-corrected chi connectivity index (χ2v) is 14.2. The van der Waals surface area contributed by atoms with E-state index in [0.29, 0.717) is 11.1 Å². The van der Waals surface area contributed by atoms with Crippen LogP contribution >= 0.6 is 11.6 Å². The van der Waals surface area contributed by atoms with Crippen LogP contribution in [0.5, 0.6) is 0 Å². The Morgan fingerprint density at radius 2 is 1.45 bits per heavy atom. The van der Waals surface area contributed by atoms with E-state index in [1.54, 1.807) is 25.1 Å². The molecule has 4 nitrogen and oxygen atoms in total. The first-order chi connectivity index (χ1) is 15.2. The summed E-state index contributed by atoms with van der Waals surface area (Å²) in [5, 5.41) is 0.223. The van der Waals surface area contributed by atoms with Crippen molar-refractivity contribution in [2.45, 2.75) is 68.6 Å². The molecule has 1 atom stereocenters. The van der Waals surface area contributed by atoms with Gasteiger partial charge in [0.15, 0.2) is 0 Å². The summed E-state index contributed by atoms with van der Waals surface area (Å²) in [6.45, 7) is 9.17. The Bertz CT molecular complexity index is 1470. The van der Waals surface area contributed by atoms with Gasteiger partial charge in [0, 0.05) is 9.81 Å². The second kappa shape index (κ2) is 7.79. The minimum Gasteiger partial charge on any atom is -0.219 e. The highest BCUT2D eigenvalue weighted by Gasteiger charge is 2.33. The third-order valence-electron chi connectivity index (χ3n) is 6.82. The lowest BCUT2D eigenvalue weighted by Gasteiger charge is -2.28. The first-order valence-corrected chi connectivity index (χ1v) is 14.0. The SMILES string of the molecule is CC1=Cc2cc(C(C)CCC(C)(C)c3cc(Cl)c4c(c3)C=C(C)S4(=O)=O)cc(F)c2S1(=O)=O. The number of sulfone groups is 2. The minimum absolute atomic E-state index is 0.00602. The summed E-state index contributed by atoms with van der Waals surface area (Å²) in [5.41, 5.74) is 2.39. The lowest BCUT2D eigenvalue weighted by molar-refractivity contribution is 0.438. The predicted octanol–water partition coefficient (Wildman–Crippen LogP) is 6.64. The highest BCUT2D eigenvalue weighted by molar-refractivity contribution is 7.96. The summed E-state index contributed by atoms with van der Waals surface area (Å²) in [5.74, 6) is -0.719. The molecule has 2 aliphatic heterocycles. The fraction of sp³-hybridized carbons (Fsp3) is 0.360. The summed E-state index contributed by atoms with van der Waals surface area (Å²) < 4.78 is 64.3. The number of benzene rings is 2. The third kappa shape index (κ3) is 3.88. The van der Waals surface area contributed by atoms with Crippen molar-refractivity contribution in [2.24, 2.45) is 0 Å². The molecule has 2 aliphatic rings. The highest BCUT2D eigenvalue weighted by atomic mass is 35.5. The summed E-state index contributed by atoms with van der Waals surface area (Å²) >= 11 is 6.39. The molecule has 0 radical (unpaired) electrons. The molecule has 0 bridgehead atoms. The first kappa shape index (κ1) is 24.2. The van der Waals surface area contributed by atoms with Crippen LogP contribution in [0.3, 0.4) is 0 Å². The van der Waals surface area contributed by atoms with Gasteiger partial charge in [-0.2, -0.15) is 0 Å². The number of rotatable bonds is 5. The molecule has 33 heavy (non-hydrogen) atoms. The highest BCUT2D eigenvalue weighted by Crippen LogP contribution is 2.43. The van der Waals surface area contributed by atoms with Gasteiger partial charge in [0.25, 0.3) is 0 Å². The lowest BCUT2D eigenvalue weighted by Crippen LogP contribution is -2.19. The number of hydrogen-bond acceptors (Lipinski definition) is 4. The van der Waals surface area contributed by atoms with E-state index >= 15 is 0 Å². The molecule has 8 heteroatoms. The molecule has 0 amide bonds. The van der Waals surface area contributed by atoms with Gasteiger partial charge in [-0.3, -0.25) is 0 Å². The van der Waals surface area contributed by atoms with Crippen molar-refractivity contribution in [1.82, 2.24) is 0 Å². The number of halogens is 2. The Morgan fingerprint density at radius 1 is 0.909 bits per heavy atom. The zero-order valence-corrected chi connectivity index (χ0v) is 21.6. The standard InChI is InChI=1S/C25H26ClFO4S2/c1-14(17-10-18-8-16(3)33(30,31)24(18)22(27)12-17)6-7-25(4,5)20-11-19-9-15(2)32(28,29)23(19)21(26)13-20/h8-14H,6-7H2,1-5H3. The van der Waals surface area contributed by atoms with Crippen molar-refractivity contribution in [1.29, 1.82) is 0 Å². The van der Waals surface area contributed by atoms with Crippen molar-refractivity contribution < 1.29 is 21.2 Å². The third-order valence-corrected chi connectivity index (χ3v) is 11.1. The molecule has 1 unspecified atom stereocenters. The van der Waals surface area contributed by atoms with Crippen LogP contribution in [-0.4, -0.2) is 16.8 Å². The molecule has 0 aromatic heterocycles. The van der Waals surface area contributed by atoms with Gasteiger partial charge in [-0.05, 0) is 96.7 Å². The number of hydrogen-bond donors (Lipinski definition) is 0. The van der Waals surface area contributed by atoms with Gasteiger partial charge < -0.3 is 0 Å². The molecular weight excluding hydrogens is 483 g/mol. The number of fused-ring (bicyclic) bond motifs is 2. The van der Waals surface area contributed by atoms with Crippen LogP contribution in [-0.2, 0) is 25.1 Å². The zero-order chi connectivity index (χ0) is 24.5. The molecule has 0 saturated heterocycles. The molecule has 4 rings (SSSR count). The van der Waals surface area contributed by atoms with Gasteiger partial charge >= 0.3 is 0 Å². The minimum atomic E-state index is -3.72. The van der Waals surface area contributed by atoms with Gasteiger partial charge in [0.2, 0.25) is 19.7 Å². The first-order valence-electron chi connectivity index (χ1n) is 10.7. The van der Waals surface area contributed by atoms with Crippen molar-refractivity contribution in [3.8, 4) is 0 Å². The maximum absolute atomic E-state index is 14.7. The van der Waals surface area contributed by atoms with E-state index in [2.05, 4.69) is 13.8 Å². The second-order valence-electron chi connectivity index (χ2n) is 9.64. The topological polar surface area (TPSA) is 68.3 Å². The molecule has 0 spiro atoms. The van der Waals surface area contributed by atoms with Crippen LogP contribution in [0.2, 0.25) is 5.02 Å². The monoisotopic (exact) mass is 508 g/mol. The summed E-state index contributed by atoms with van der Waals surface area (Å²) in [7, 11) is -7.24. The fourth-order valence-corrected chi connectivity index (χ4v) is 7.74. The van der Waals surface area contributed by atoms with E-state index in [1.165, 1.54) is 19.1 Å². The Morgan fingerprint density at radius 3 is 2.06 bits per heavy atom. The molecule has 2 aromatic carbocycles. The fourth-order valence-electron chi connectivity index (χ4n) is 4.51. The normalized spacial score (nSPS) is 19.0. The molecule has 0 fully saturated rings. The van der Waals surface area contributed by atoms with E-state index in [1.807, 2.05) is 13.0 Å². The molecule has 0 aliphatic carbocycles. The average molecular weight is 509 g/mol. The van der Waals surface area contributed by atoms with Gasteiger partial charge in [-0.15, -0.1) is 0 Å². The van der Waals surface area contributed by atoms with E-state index in [4.69, 9.17) is 11.6 Å². The summed E-state index contributed by atoms with van der Waals surface area (Å²) in [6.07, 6.45) is 4.63. The molecular formula is C25H26ClFO4S2. The van der Waals surface area contributed by atoms with Crippen LogP contribution in [0.1, 0.15) is 75.6 Å². The van der Waals surface area contributed by atoms with Gasteiger partial charge in [-0.25, -0.2) is 21.2 Å². The predicted molar refractivity (Wildman–Crippen MR) is 130 cm³/mol. The molecule has 0 N–H and O–H groups in total. The Balaban J connectivity index is 1.58. The van der Waals surface area contributed by atoms with E-state index in [0.717, 1.165) is 24.0 Å². The van der Waals surface area contributed by atoms with Gasteiger partial charge in [0.1, 0.15) is 10.7 Å². The van der Waals surface area contributed by atoms with Crippen molar-refractivity contribution in [3.05, 3.63) is 67.2 Å². The maximum atomic E-state index is 14.7. The largest absolute Gasteiger partial charge is 0.219 e. The van der Waals surface area contributed by atoms with Crippen LogP contribution in [0.4, 0.5) is 4.39 Å².